The molecule has 0 bridgehead atoms. The molecule has 2 aromatic heterocycles. The fourth-order valence-electron chi connectivity index (χ4n) is 3.23. The van der Waals surface area contributed by atoms with Crippen LogP contribution in [0.4, 0.5) is 0 Å². The van der Waals surface area contributed by atoms with Gasteiger partial charge in [0.05, 0.1) is 36.0 Å². The number of aromatic amines is 1. The highest BCUT2D eigenvalue weighted by Crippen LogP contribution is 2.25. The lowest BCUT2D eigenvalue weighted by Crippen LogP contribution is -2.14. The van der Waals surface area contributed by atoms with Crippen LogP contribution in [0.15, 0.2) is 72.0 Å². The Morgan fingerprint density at radius 1 is 1.10 bits per heavy atom. The van der Waals surface area contributed by atoms with E-state index in [1.165, 1.54) is 7.11 Å². The van der Waals surface area contributed by atoms with Crippen LogP contribution in [0.3, 0.4) is 0 Å². The van der Waals surface area contributed by atoms with Crippen molar-refractivity contribution >= 4 is 26.8 Å². The van der Waals surface area contributed by atoms with Gasteiger partial charge in [0.1, 0.15) is 0 Å². The van der Waals surface area contributed by atoms with E-state index in [0.29, 0.717) is 22.2 Å². The molecule has 0 aliphatic rings. The number of imidazole rings is 1. The molecule has 148 valence electrons. The van der Waals surface area contributed by atoms with Crippen molar-refractivity contribution in [3.05, 3.63) is 83.7 Å². The first-order valence-electron chi connectivity index (χ1n) is 8.95. The number of ether oxygens (including phenoxy) is 1. The van der Waals surface area contributed by atoms with Crippen LogP contribution in [-0.2, 0) is 26.9 Å². The van der Waals surface area contributed by atoms with Gasteiger partial charge in [-0.2, -0.15) is 0 Å². The number of carbonyl (C=O) groups is 1. The van der Waals surface area contributed by atoms with Gasteiger partial charge in [-0.25, -0.2) is 18.2 Å². The maximum absolute atomic E-state index is 13.2. The van der Waals surface area contributed by atoms with Gasteiger partial charge in [0.15, 0.2) is 0 Å². The third-order valence-electron chi connectivity index (χ3n) is 4.60. The lowest BCUT2D eigenvalue weighted by Gasteiger charge is -2.10. The summed E-state index contributed by atoms with van der Waals surface area (Å²) in [6, 6.07) is 17.5. The third kappa shape index (κ3) is 3.79. The Bertz CT molecular complexity index is 1260. The van der Waals surface area contributed by atoms with E-state index >= 15 is 0 Å². The molecule has 0 saturated heterocycles. The Morgan fingerprint density at radius 3 is 2.59 bits per heavy atom. The summed E-state index contributed by atoms with van der Waals surface area (Å²) in [7, 11) is -2.42. The smallest absolute Gasteiger partial charge is 0.337 e. The zero-order valence-electron chi connectivity index (χ0n) is 15.7. The average Bonchev–Trinajstić information content (AvgIpc) is 3.36. The Labute approximate surface area is 167 Å². The molecule has 0 aliphatic heterocycles. The second-order valence-electron chi connectivity index (χ2n) is 6.62. The average molecular weight is 409 g/mol. The van der Waals surface area contributed by atoms with Crippen LogP contribution in [0.5, 0.6) is 0 Å². The first kappa shape index (κ1) is 18.9. The van der Waals surface area contributed by atoms with Crippen LogP contribution in [0.25, 0.3) is 11.0 Å². The van der Waals surface area contributed by atoms with Gasteiger partial charge in [0.25, 0.3) is 0 Å². The van der Waals surface area contributed by atoms with Crippen molar-refractivity contribution in [2.45, 2.75) is 17.5 Å². The lowest BCUT2D eigenvalue weighted by molar-refractivity contribution is 0.0601. The van der Waals surface area contributed by atoms with E-state index in [9.17, 15) is 13.2 Å². The molecule has 8 heteroatoms. The molecular weight excluding hydrogens is 390 g/mol. The predicted molar refractivity (Wildman–Crippen MR) is 108 cm³/mol. The zero-order valence-corrected chi connectivity index (χ0v) is 16.5. The molecule has 0 amide bonds. The van der Waals surface area contributed by atoms with E-state index in [0.717, 1.165) is 5.69 Å². The van der Waals surface area contributed by atoms with E-state index in [-0.39, 0.29) is 17.5 Å². The Balaban J connectivity index is 1.86. The SMILES string of the molecule is COC(=O)c1ccc2nc(S(=O)(=O)Cc3ccccc3)n(Cc3ccc[nH]3)c2c1. The number of H-pyrrole nitrogens is 1. The molecule has 0 saturated carbocycles. The minimum atomic E-state index is -3.73. The van der Waals surface area contributed by atoms with Gasteiger partial charge in [-0.1, -0.05) is 30.3 Å². The quantitative estimate of drug-likeness (QED) is 0.494. The molecule has 29 heavy (non-hydrogen) atoms. The second kappa shape index (κ2) is 7.56. The number of rotatable bonds is 6. The summed E-state index contributed by atoms with van der Waals surface area (Å²) in [5.74, 6) is -0.653. The Kier molecular flexibility index (Phi) is 4.94. The number of nitrogens with zero attached hydrogens (tertiary/aromatic N) is 2. The number of esters is 1. The number of methoxy groups -OCH3 is 1. The molecule has 0 radical (unpaired) electrons. The van der Waals surface area contributed by atoms with Crippen LogP contribution in [0.1, 0.15) is 21.6 Å². The number of nitrogens with one attached hydrogen (secondary N) is 1. The summed E-state index contributed by atoms with van der Waals surface area (Å²) in [6.07, 6.45) is 1.77. The lowest BCUT2D eigenvalue weighted by atomic mass is 10.2. The molecular formula is C21H19N3O4S. The summed E-state index contributed by atoms with van der Waals surface area (Å²) < 4.78 is 32.8. The number of sulfone groups is 1. The monoisotopic (exact) mass is 409 g/mol. The number of hydrogen-bond donors (Lipinski definition) is 1. The van der Waals surface area contributed by atoms with Crippen LogP contribution in [-0.4, -0.2) is 36.0 Å². The van der Waals surface area contributed by atoms with Gasteiger partial charge < -0.3 is 14.3 Å². The van der Waals surface area contributed by atoms with Gasteiger partial charge in [0, 0.05) is 11.9 Å². The fourth-order valence-corrected chi connectivity index (χ4v) is 4.73. The van der Waals surface area contributed by atoms with E-state index in [2.05, 4.69) is 9.97 Å². The van der Waals surface area contributed by atoms with E-state index in [4.69, 9.17) is 4.74 Å². The molecule has 0 aliphatic carbocycles. The first-order chi connectivity index (χ1) is 14.0. The number of aromatic nitrogens is 3. The first-order valence-corrected chi connectivity index (χ1v) is 10.6. The van der Waals surface area contributed by atoms with Gasteiger partial charge >= 0.3 is 5.97 Å². The van der Waals surface area contributed by atoms with Gasteiger partial charge in [-0.05, 0) is 35.9 Å². The van der Waals surface area contributed by atoms with Crippen molar-refractivity contribution in [2.75, 3.05) is 7.11 Å². The maximum atomic E-state index is 13.2. The molecule has 0 unspecified atom stereocenters. The minimum absolute atomic E-state index is 0.0343. The van der Waals surface area contributed by atoms with Crippen molar-refractivity contribution in [3.8, 4) is 0 Å². The summed E-state index contributed by atoms with van der Waals surface area (Å²) in [4.78, 5) is 19.4. The highest BCUT2D eigenvalue weighted by molar-refractivity contribution is 7.90. The summed E-state index contributed by atoms with van der Waals surface area (Å²) >= 11 is 0. The highest BCUT2D eigenvalue weighted by Gasteiger charge is 2.25. The maximum Gasteiger partial charge on any atom is 0.337 e. The minimum Gasteiger partial charge on any atom is -0.465 e. The molecule has 2 aromatic carbocycles. The normalized spacial score (nSPS) is 11.6. The molecule has 0 atom stereocenters. The fraction of sp³-hybridized carbons (Fsp3) is 0.143. The van der Waals surface area contributed by atoms with Gasteiger partial charge in [-0.3, -0.25) is 0 Å². The molecule has 0 fully saturated rings. The predicted octanol–water partition coefficient (Wildman–Crippen LogP) is 3.17. The van der Waals surface area contributed by atoms with Gasteiger partial charge in [-0.15, -0.1) is 0 Å². The number of fused-ring (bicyclic) bond motifs is 1. The van der Waals surface area contributed by atoms with Crippen LogP contribution >= 0.6 is 0 Å². The summed E-state index contributed by atoms with van der Waals surface area (Å²) in [5.41, 5.74) is 2.88. The van der Waals surface area contributed by atoms with E-state index in [1.54, 1.807) is 53.2 Å². The molecule has 4 rings (SSSR count). The number of carbonyl (C=O) groups excluding carboxylic acids is 1. The second-order valence-corrected chi connectivity index (χ2v) is 8.50. The van der Waals surface area contributed by atoms with Crippen LogP contribution < -0.4 is 0 Å². The topological polar surface area (TPSA) is 94.0 Å². The Morgan fingerprint density at radius 2 is 1.90 bits per heavy atom. The van der Waals surface area contributed by atoms with E-state index < -0.39 is 15.8 Å². The number of hydrogen-bond acceptors (Lipinski definition) is 5. The number of benzene rings is 2. The molecule has 0 spiro atoms. The molecule has 4 aromatic rings. The van der Waals surface area contributed by atoms with Crippen molar-refractivity contribution in [1.29, 1.82) is 0 Å². The molecule has 2 heterocycles. The summed E-state index contributed by atoms with van der Waals surface area (Å²) in [6.45, 7) is 0.275. The molecule has 1 N–H and O–H groups in total. The van der Waals surface area contributed by atoms with Crippen molar-refractivity contribution in [1.82, 2.24) is 14.5 Å². The highest BCUT2D eigenvalue weighted by atomic mass is 32.2. The summed E-state index contributed by atoms with van der Waals surface area (Å²) in [5, 5.41) is -0.0343. The van der Waals surface area contributed by atoms with Crippen molar-refractivity contribution in [2.24, 2.45) is 0 Å². The van der Waals surface area contributed by atoms with E-state index in [1.807, 2.05) is 18.2 Å². The van der Waals surface area contributed by atoms with Crippen LogP contribution in [0.2, 0.25) is 0 Å². The van der Waals surface area contributed by atoms with Gasteiger partial charge in [0.2, 0.25) is 15.0 Å². The molecule has 7 nitrogen and oxygen atoms in total. The van der Waals surface area contributed by atoms with Crippen molar-refractivity contribution in [3.63, 3.8) is 0 Å². The Hall–Kier alpha value is -3.39. The third-order valence-corrected chi connectivity index (χ3v) is 6.18. The largest absolute Gasteiger partial charge is 0.465 e. The van der Waals surface area contributed by atoms with Crippen LogP contribution in [0, 0.1) is 0 Å². The zero-order chi connectivity index (χ0) is 20.4. The van der Waals surface area contributed by atoms with Crippen molar-refractivity contribution < 1.29 is 17.9 Å². The standard InChI is InChI=1S/C21H19N3O4S/c1-28-20(25)16-9-10-18-19(12-16)24(13-17-8-5-11-22-17)21(23-18)29(26,27)14-15-6-3-2-4-7-15/h2-12,22H,13-14H2,1H3.